The van der Waals surface area contributed by atoms with E-state index in [4.69, 9.17) is 27.9 Å². The fourth-order valence-corrected chi connectivity index (χ4v) is 5.16. The first kappa shape index (κ1) is 22.0. The molecule has 1 saturated carbocycles. The van der Waals surface area contributed by atoms with Crippen LogP contribution in [0.2, 0.25) is 10.0 Å². The minimum Gasteiger partial charge on any atom is -0.373 e. The summed E-state index contributed by atoms with van der Waals surface area (Å²) in [6, 6.07) is 5.93. The van der Waals surface area contributed by atoms with Crippen LogP contribution in [0.1, 0.15) is 50.6 Å². The number of hydrogen-bond donors (Lipinski definition) is 0. The lowest BCUT2D eigenvalue weighted by Crippen LogP contribution is -2.37. The van der Waals surface area contributed by atoms with Crippen molar-refractivity contribution in [3.05, 3.63) is 56.9 Å². The van der Waals surface area contributed by atoms with Gasteiger partial charge in [0.25, 0.3) is 0 Å². The Morgan fingerprint density at radius 1 is 1.23 bits per heavy atom. The summed E-state index contributed by atoms with van der Waals surface area (Å²) in [5, 5.41) is 1.36. The Morgan fingerprint density at radius 2 is 1.97 bits per heavy atom. The molecular weight excluding hydrogens is 424 g/mol. The number of carbonyl (C=O) groups is 1. The van der Waals surface area contributed by atoms with Gasteiger partial charge >= 0.3 is 0 Å². The number of hydrogen-bond acceptors (Lipinski definition) is 3. The van der Waals surface area contributed by atoms with Crippen molar-refractivity contribution < 1.29 is 13.9 Å². The smallest absolute Gasteiger partial charge is 0.152 e. The number of piperidine rings is 1. The normalized spacial score (nSPS) is 24.7. The van der Waals surface area contributed by atoms with Gasteiger partial charge in [0, 0.05) is 28.1 Å². The largest absolute Gasteiger partial charge is 0.373 e. The highest BCUT2D eigenvalue weighted by Gasteiger charge is 2.35. The highest BCUT2D eigenvalue weighted by atomic mass is 35.5. The Bertz CT molecular complexity index is 857. The SMILES string of the molecule is CC(c1ccc(Cl)cc1Cl)N1CCC(COC2CC(F)=C(C=O)C=C2C2CC2)CC1. The van der Waals surface area contributed by atoms with Gasteiger partial charge in [-0.2, -0.15) is 0 Å². The van der Waals surface area contributed by atoms with Crippen LogP contribution in [0.5, 0.6) is 0 Å². The van der Waals surface area contributed by atoms with Crippen molar-refractivity contribution >= 4 is 29.5 Å². The van der Waals surface area contributed by atoms with Crippen molar-refractivity contribution in [2.75, 3.05) is 19.7 Å². The molecule has 4 rings (SSSR count). The van der Waals surface area contributed by atoms with E-state index in [2.05, 4.69) is 11.8 Å². The molecule has 6 heteroatoms. The summed E-state index contributed by atoms with van der Waals surface area (Å²) < 4.78 is 20.4. The summed E-state index contributed by atoms with van der Waals surface area (Å²) in [4.78, 5) is 13.5. The summed E-state index contributed by atoms with van der Waals surface area (Å²) in [5.41, 5.74) is 2.41. The number of likely N-dealkylation sites (tertiary alicyclic amines) is 1. The fraction of sp³-hybridized carbons (Fsp3) is 0.542. The van der Waals surface area contributed by atoms with Crippen molar-refractivity contribution in [1.82, 2.24) is 4.90 Å². The monoisotopic (exact) mass is 451 g/mol. The van der Waals surface area contributed by atoms with E-state index in [-0.39, 0.29) is 30.0 Å². The molecule has 0 bridgehead atoms. The maximum Gasteiger partial charge on any atom is 0.152 e. The van der Waals surface area contributed by atoms with Crippen LogP contribution >= 0.6 is 23.2 Å². The Balaban J connectivity index is 1.29. The van der Waals surface area contributed by atoms with E-state index in [1.807, 2.05) is 12.1 Å². The molecule has 162 valence electrons. The van der Waals surface area contributed by atoms with Gasteiger partial charge in [-0.25, -0.2) is 4.39 Å². The van der Waals surface area contributed by atoms with Crippen LogP contribution in [0.3, 0.4) is 0 Å². The van der Waals surface area contributed by atoms with Crippen LogP contribution in [0.25, 0.3) is 0 Å². The van der Waals surface area contributed by atoms with Crippen molar-refractivity contribution in [2.45, 2.75) is 51.2 Å². The summed E-state index contributed by atoms with van der Waals surface area (Å²) in [6.07, 6.45) is 6.65. The Labute approximate surface area is 187 Å². The van der Waals surface area contributed by atoms with Gasteiger partial charge in [0.15, 0.2) is 6.29 Å². The van der Waals surface area contributed by atoms with Gasteiger partial charge in [0.2, 0.25) is 0 Å². The molecule has 1 saturated heterocycles. The highest BCUT2D eigenvalue weighted by Crippen LogP contribution is 2.43. The molecule has 3 aliphatic rings. The second-order valence-corrected chi connectivity index (χ2v) is 9.59. The van der Waals surface area contributed by atoms with E-state index < -0.39 is 0 Å². The maximum absolute atomic E-state index is 14.2. The number of rotatable bonds is 7. The van der Waals surface area contributed by atoms with Crippen LogP contribution in [0.15, 0.2) is 41.2 Å². The number of halogens is 3. The maximum atomic E-state index is 14.2. The first-order chi connectivity index (χ1) is 14.5. The number of carbonyl (C=O) groups excluding carboxylic acids is 1. The third-order valence-electron chi connectivity index (χ3n) is 6.69. The number of benzene rings is 1. The number of nitrogens with zero attached hydrogens (tertiary/aromatic N) is 1. The lowest BCUT2D eigenvalue weighted by Gasteiger charge is -2.37. The average molecular weight is 452 g/mol. The lowest BCUT2D eigenvalue weighted by atomic mass is 9.92. The van der Waals surface area contributed by atoms with Gasteiger partial charge < -0.3 is 4.74 Å². The van der Waals surface area contributed by atoms with Crippen LogP contribution in [-0.2, 0) is 9.53 Å². The summed E-state index contributed by atoms with van der Waals surface area (Å²) in [7, 11) is 0. The number of allylic oxidation sites excluding steroid dienone is 2. The highest BCUT2D eigenvalue weighted by molar-refractivity contribution is 6.35. The molecule has 1 aromatic carbocycles. The second-order valence-electron chi connectivity index (χ2n) is 8.74. The predicted octanol–water partition coefficient (Wildman–Crippen LogP) is 6.31. The minimum atomic E-state index is -0.345. The van der Waals surface area contributed by atoms with Crippen molar-refractivity contribution in [3.8, 4) is 0 Å². The zero-order valence-corrected chi connectivity index (χ0v) is 18.8. The molecule has 1 heterocycles. The number of aldehydes is 1. The molecule has 2 unspecified atom stereocenters. The third kappa shape index (κ3) is 4.99. The molecule has 0 N–H and O–H groups in total. The predicted molar refractivity (Wildman–Crippen MR) is 119 cm³/mol. The Kier molecular flexibility index (Phi) is 6.98. The molecule has 3 nitrogen and oxygen atoms in total. The summed E-state index contributed by atoms with van der Waals surface area (Å²) >= 11 is 12.4. The minimum absolute atomic E-state index is 0.194. The molecule has 0 amide bonds. The Morgan fingerprint density at radius 3 is 2.60 bits per heavy atom. The molecule has 2 atom stereocenters. The van der Waals surface area contributed by atoms with Gasteiger partial charge in [-0.05, 0) is 86.9 Å². The van der Waals surface area contributed by atoms with Crippen LogP contribution in [0.4, 0.5) is 4.39 Å². The zero-order valence-electron chi connectivity index (χ0n) is 17.3. The standard InChI is InChI=1S/C24H28Cl2FNO2/c1-15(20-5-4-19(25)11-22(20)26)28-8-6-16(7-9-28)14-30-24-12-23(27)18(13-29)10-21(24)17-2-3-17/h4-5,10-11,13,15-17,24H,2-3,6-9,12,14H2,1H3. The second kappa shape index (κ2) is 9.52. The summed E-state index contributed by atoms with van der Waals surface area (Å²) in [5.74, 6) is 0.585. The van der Waals surface area contributed by atoms with Crippen molar-refractivity contribution in [3.63, 3.8) is 0 Å². The first-order valence-electron chi connectivity index (χ1n) is 10.8. The third-order valence-corrected chi connectivity index (χ3v) is 7.25. The van der Waals surface area contributed by atoms with Crippen LogP contribution in [-0.4, -0.2) is 37.0 Å². The average Bonchev–Trinajstić information content (AvgIpc) is 3.57. The van der Waals surface area contributed by atoms with E-state index in [1.54, 1.807) is 12.1 Å². The van der Waals surface area contributed by atoms with E-state index in [0.29, 0.717) is 34.8 Å². The van der Waals surface area contributed by atoms with Gasteiger partial charge in [0.05, 0.1) is 12.7 Å². The molecule has 30 heavy (non-hydrogen) atoms. The zero-order chi connectivity index (χ0) is 21.3. The first-order valence-corrected chi connectivity index (χ1v) is 11.6. The molecule has 2 fully saturated rings. The fourth-order valence-electron chi connectivity index (χ4n) is 4.60. The quantitative estimate of drug-likeness (QED) is 0.454. The van der Waals surface area contributed by atoms with E-state index >= 15 is 0 Å². The molecule has 0 aromatic heterocycles. The topological polar surface area (TPSA) is 29.5 Å². The van der Waals surface area contributed by atoms with Crippen LogP contribution < -0.4 is 0 Å². The van der Waals surface area contributed by atoms with E-state index in [9.17, 15) is 9.18 Å². The number of ether oxygens (including phenoxy) is 1. The molecule has 0 spiro atoms. The summed E-state index contributed by atoms with van der Waals surface area (Å²) in [6.45, 7) is 4.78. The molecular formula is C24H28Cl2FNO2. The van der Waals surface area contributed by atoms with E-state index in [1.165, 1.54) is 0 Å². The molecule has 1 aromatic rings. The molecule has 0 radical (unpaired) electrons. The lowest BCUT2D eigenvalue weighted by molar-refractivity contribution is -0.104. The van der Waals surface area contributed by atoms with E-state index in [0.717, 1.165) is 49.9 Å². The van der Waals surface area contributed by atoms with Gasteiger partial charge in [-0.15, -0.1) is 0 Å². The van der Waals surface area contributed by atoms with Gasteiger partial charge in [-0.3, -0.25) is 9.69 Å². The van der Waals surface area contributed by atoms with Crippen molar-refractivity contribution in [2.24, 2.45) is 11.8 Å². The molecule has 2 aliphatic carbocycles. The van der Waals surface area contributed by atoms with Crippen molar-refractivity contribution in [1.29, 1.82) is 0 Å². The Hall–Kier alpha value is -1.20. The molecule has 1 aliphatic heterocycles. The van der Waals surface area contributed by atoms with Gasteiger partial charge in [0.1, 0.15) is 5.83 Å². The van der Waals surface area contributed by atoms with Gasteiger partial charge in [-0.1, -0.05) is 29.3 Å². The van der Waals surface area contributed by atoms with Crippen LogP contribution in [0, 0.1) is 11.8 Å².